The molecule has 0 saturated heterocycles. The van der Waals surface area contributed by atoms with Crippen molar-refractivity contribution in [2.75, 3.05) is 7.11 Å². The summed E-state index contributed by atoms with van der Waals surface area (Å²) in [5.74, 6) is 0.953. The molecule has 0 aliphatic carbocycles. The Kier molecular flexibility index (Phi) is 5.63. The van der Waals surface area contributed by atoms with Gasteiger partial charge in [0.05, 0.1) is 7.11 Å². The maximum atomic E-state index is 5.39. The molecule has 2 nitrogen and oxygen atoms in total. The molecule has 0 aliphatic rings. The number of methoxy groups -OCH3 is 1. The average molecular weight is 269 g/mol. The van der Waals surface area contributed by atoms with E-state index >= 15 is 0 Å². The molecule has 1 atom stereocenters. The van der Waals surface area contributed by atoms with E-state index in [2.05, 4.69) is 54.7 Å². The van der Waals surface area contributed by atoms with Crippen molar-refractivity contribution in [3.8, 4) is 5.75 Å². The van der Waals surface area contributed by atoms with Crippen LogP contribution in [-0.4, -0.2) is 13.2 Å². The highest BCUT2D eigenvalue weighted by Gasteiger charge is 2.08. The van der Waals surface area contributed by atoms with Crippen molar-refractivity contribution in [1.29, 1.82) is 0 Å². The van der Waals surface area contributed by atoms with Crippen molar-refractivity contribution < 1.29 is 4.74 Å². The molecular formula is C18H23NO. The fourth-order valence-electron chi connectivity index (χ4n) is 2.36. The summed E-state index contributed by atoms with van der Waals surface area (Å²) in [4.78, 5) is 0. The summed E-state index contributed by atoms with van der Waals surface area (Å²) in [6.45, 7) is 3.07. The van der Waals surface area contributed by atoms with Crippen molar-refractivity contribution in [3.05, 3.63) is 65.7 Å². The van der Waals surface area contributed by atoms with E-state index in [-0.39, 0.29) is 0 Å². The highest BCUT2D eigenvalue weighted by atomic mass is 16.5. The van der Waals surface area contributed by atoms with Crippen molar-refractivity contribution in [3.63, 3.8) is 0 Å². The Hall–Kier alpha value is -1.80. The second-order valence-electron chi connectivity index (χ2n) is 4.99. The first kappa shape index (κ1) is 14.6. The Bertz CT molecular complexity index is 510. The van der Waals surface area contributed by atoms with Gasteiger partial charge in [-0.15, -0.1) is 0 Å². The van der Waals surface area contributed by atoms with Crippen LogP contribution in [0.3, 0.4) is 0 Å². The number of ether oxygens (including phenoxy) is 1. The van der Waals surface area contributed by atoms with Crippen LogP contribution in [0.25, 0.3) is 0 Å². The molecule has 106 valence electrons. The summed E-state index contributed by atoms with van der Waals surface area (Å²) in [6, 6.07) is 19.3. The lowest BCUT2D eigenvalue weighted by atomic mass is 10.0. The summed E-state index contributed by atoms with van der Waals surface area (Å²) < 4.78 is 5.39. The van der Waals surface area contributed by atoms with E-state index in [1.807, 2.05) is 12.1 Å². The minimum Gasteiger partial charge on any atom is -0.496 e. The Morgan fingerprint density at radius 1 is 1.00 bits per heavy atom. The maximum Gasteiger partial charge on any atom is 0.123 e. The van der Waals surface area contributed by atoms with Crippen LogP contribution in [-0.2, 0) is 13.0 Å². The Morgan fingerprint density at radius 2 is 1.70 bits per heavy atom. The zero-order valence-electron chi connectivity index (χ0n) is 12.3. The van der Waals surface area contributed by atoms with Crippen molar-refractivity contribution in [2.24, 2.45) is 0 Å². The molecule has 2 heteroatoms. The van der Waals surface area contributed by atoms with Gasteiger partial charge in [-0.05, 0) is 24.5 Å². The van der Waals surface area contributed by atoms with E-state index in [1.54, 1.807) is 7.11 Å². The standard InChI is InChI=1S/C18H23NO/c1-3-17(13-15-9-5-4-6-10-15)19-14-16-11-7-8-12-18(16)20-2/h4-12,17,19H,3,13-14H2,1-2H3. The Labute approximate surface area is 121 Å². The van der Waals surface area contributed by atoms with Gasteiger partial charge in [0.25, 0.3) is 0 Å². The number of rotatable bonds is 7. The van der Waals surface area contributed by atoms with Crippen LogP contribution >= 0.6 is 0 Å². The number of para-hydroxylation sites is 1. The van der Waals surface area contributed by atoms with Crippen LogP contribution in [0.1, 0.15) is 24.5 Å². The molecule has 0 heterocycles. The van der Waals surface area contributed by atoms with Gasteiger partial charge in [0.1, 0.15) is 5.75 Å². The first-order valence-corrected chi connectivity index (χ1v) is 7.22. The van der Waals surface area contributed by atoms with Gasteiger partial charge in [-0.25, -0.2) is 0 Å². The predicted octanol–water partition coefficient (Wildman–Crippen LogP) is 3.81. The zero-order valence-corrected chi connectivity index (χ0v) is 12.3. The second-order valence-corrected chi connectivity index (χ2v) is 4.99. The molecule has 2 rings (SSSR count). The molecule has 2 aromatic rings. The molecule has 0 aromatic heterocycles. The lowest BCUT2D eigenvalue weighted by Crippen LogP contribution is -2.30. The van der Waals surface area contributed by atoms with Crippen LogP contribution in [0.5, 0.6) is 5.75 Å². The second kappa shape index (κ2) is 7.71. The van der Waals surface area contributed by atoms with Gasteiger partial charge >= 0.3 is 0 Å². The fraction of sp³-hybridized carbons (Fsp3) is 0.333. The van der Waals surface area contributed by atoms with E-state index < -0.39 is 0 Å². The zero-order chi connectivity index (χ0) is 14.2. The summed E-state index contributed by atoms with van der Waals surface area (Å²) in [6.07, 6.45) is 2.18. The van der Waals surface area contributed by atoms with Gasteiger partial charge in [0.15, 0.2) is 0 Å². The topological polar surface area (TPSA) is 21.3 Å². The number of hydrogen-bond donors (Lipinski definition) is 1. The van der Waals surface area contributed by atoms with Crippen molar-refractivity contribution in [1.82, 2.24) is 5.32 Å². The smallest absolute Gasteiger partial charge is 0.123 e. The molecule has 0 radical (unpaired) electrons. The van der Waals surface area contributed by atoms with Gasteiger partial charge in [-0.1, -0.05) is 55.5 Å². The molecule has 0 aliphatic heterocycles. The van der Waals surface area contributed by atoms with Crippen LogP contribution in [0.4, 0.5) is 0 Å². The number of nitrogens with one attached hydrogen (secondary N) is 1. The van der Waals surface area contributed by atoms with E-state index in [1.165, 1.54) is 11.1 Å². The molecule has 2 aromatic carbocycles. The third kappa shape index (κ3) is 4.10. The van der Waals surface area contributed by atoms with Crippen LogP contribution in [0, 0.1) is 0 Å². The summed E-state index contributed by atoms with van der Waals surface area (Å²) in [5.41, 5.74) is 2.59. The predicted molar refractivity (Wildman–Crippen MR) is 84.1 cm³/mol. The third-order valence-electron chi connectivity index (χ3n) is 3.59. The normalized spacial score (nSPS) is 12.1. The van der Waals surface area contributed by atoms with Crippen LogP contribution in [0.15, 0.2) is 54.6 Å². The molecule has 0 saturated carbocycles. The Balaban J connectivity index is 1.94. The van der Waals surface area contributed by atoms with Crippen molar-refractivity contribution >= 4 is 0 Å². The van der Waals surface area contributed by atoms with Gasteiger partial charge < -0.3 is 10.1 Å². The molecule has 0 amide bonds. The fourth-order valence-corrected chi connectivity index (χ4v) is 2.36. The van der Waals surface area contributed by atoms with Crippen molar-refractivity contribution in [2.45, 2.75) is 32.4 Å². The summed E-state index contributed by atoms with van der Waals surface area (Å²) in [7, 11) is 1.72. The largest absolute Gasteiger partial charge is 0.496 e. The van der Waals surface area contributed by atoms with Gasteiger partial charge in [-0.2, -0.15) is 0 Å². The molecular weight excluding hydrogens is 246 g/mol. The quantitative estimate of drug-likeness (QED) is 0.825. The number of hydrogen-bond acceptors (Lipinski definition) is 2. The molecule has 1 unspecified atom stereocenters. The summed E-state index contributed by atoms with van der Waals surface area (Å²) >= 11 is 0. The van der Waals surface area contributed by atoms with E-state index in [4.69, 9.17) is 4.74 Å². The molecule has 1 N–H and O–H groups in total. The summed E-state index contributed by atoms with van der Waals surface area (Å²) in [5, 5.41) is 3.63. The first-order valence-electron chi connectivity index (χ1n) is 7.22. The van der Waals surface area contributed by atoms with E-state index in [0.29, 0.717) is 6.04 Å². The average Bonchev–Trinajstić information content (AvgIpc) is 2.52. The molecule has 0 fully saturated rings. The minimum atomic E-state index is 0.488. The van der Waals surface area contributed by atoms with E-state index in [9.17, 15) is 0 Å². The highest BCUT2D eigenvalue weighted by Crippen LogP contribution is 2.17. The Morgan fingerprint density at radius 3 is 2.40 bits per heavy atom. The minimum absolute atomic E-state index is 0.488. The number of benzene rings is 2. The first-order chi connectivity index (χ1) is 9.83. The highest BCUT2D eigenvalue weighted by molar-refractivity contribution is 5.33. The lowest BCUT2D eigenvalue weighted by Gasteiger charge is -2.18. The van der Waals surface area contributed by atoms with Crippen LogP contribution in [0.2, 0.25) is 0 Å². The molecule has 0 bridgehead atoms. The van der Waals surface area contributed by atoms with Gasteiger partial charge in [0, 0.05) is 18.2 Å². The lowest BCUT2D eigenvalue weighted by molar-refractivity contribution is 0.403. The molecule has 20 heavy (non-hydrogen) atoms. The van der Waals surface area contributed by atoms with E-state index in [0.717, 1.165) is 25.1 Å². The maximum absolute atomic E-state index is 5.39. The van der Waals surface area contributed by atoms with Gasteiger partial charge in [0.2, 0.25) is 0 Å². The van der Waals surface area contributed by atoms with Gasteiger partial charge in [-0.3, -0.25) is 0 Å². The SMILES string of the molecule is CCC(Cc1ccccc1)NCc1ccccc1OC. The monoisotopic (exact) mass is 269 g/mol. The third-order valence-corrected chi connectivity index (χ3v) is 3.59. The van der Waals surface area contributed by atoms with Crippen LogP contribution < -0.4 is 10.1 Å². The molecule has 0 spiro atoms.